The fourth-order valence-corrected chi connectivity index (χ4v) is 3.03. The zero-order valence-corrected chi connectivity index (χ0v) is 13.5. The molecule has 20 heavy (non-hydrogen) atoms. The van der Waals surface area contributed by atoms with Crippen molar-refractivity contribution in [1.29, 1.82) is 0 Å². The van der Waals surface area contributed by atoms with Gasteiger partial charge in [-0.2, -0.15) is 0 Å². The summed E-state index contributed by atoms with van der Waals surface area (Å²) in [7, 11) is 1.71. The highest BCUT2D eigenvalue weighted by Crippen LogP contribution is 2.37. The highest BCUT2D eigenvalue weighted by molar-refractivity contribution is 9.09. The molecule has 1 amide bonds. The smallest absolute Gasteiger partial charge is 0.223 e. The molecule has 0 radical (unpaired) electrons. The standard InChI is InChI=1S/C16H22BrNO2/c1-20-16(8-5-9-16)11-15(19)18-14(12-17)10-13-6-3-2-4-7-13/h2-4,6-7,14H,5,8-12H2,1H3,(H,18,19). The van der Waals surface area contributed by atoms with Crippen molar-refractivity contribution in [2.24, 2.45) is 0 Å². The van der Waals surface area contributed by atoms with Gasteiger partial charge in [-0.3, -0.25) is 4.79 Å². The first kappa shape index (κ1) is 15.5. The Balaban J connectivity index is 1.85. The summed E-state index contributed by atoms with van der Waals surface area (Å²) in [6.45, 7) is 0. The van der Waals surface area contributed by atoms with Gasteiger partial charge in [0.15, 0.2) is 0 Å². The number of carbonyl (C=O) groups is 1. The lowest BCUT2D eigenvalue weighted by molar-refractivity contribution is -0.134. The molecule has 4 heteroatoms. The Hall–Kier alpha value is -0.870. The lowest BCUT2D eigenvalue weighted by atomic mass is 9.77. The molecule has 1 aliphatic rings. The van der Waals surface area contributed by atoms with E-state index in [0.717, 1.165) is 31.0 Å². The van der Waals surface area contributed by atoms with Gasteiger partial charge in [-0.05, 0) is 31.2 Å². The highest BCUT2D eigenvalue weighted by Gasteiger charge is 2.39. The molecule has 0 aromatic heterocycles. The number of amides is 1. The lowest BCUT2D eigenvalue weighted by Gasteiger charge is -2.40. The van der Waals surface area contributed by atoms with Gasteiger partial charge in [-0.25, -0.2) is 0 Å². The third kappa shape index (κ3) is 4.06. The van der Waals surface area contributed by atoms with Crippen LogP contribution < -0.4 is 5.32 Å². The quantitative estimate of drug-likeness (QED) is 0.775. The van der Waals surface area contributed by atoms with Crippen LogP contribution in [0.15, 0.2) is 30.3 Å². The minimum Gasteiger partial charge on any atom is -0.378 e. The molecular formula is C16H22BrNO2. The Morgan fingerprint density at radius 3 is 2.60 bits per heavy atom. The molecule has 1 atom stereocenters. The van der Waals surface area contributed by atoms with Crippen LogP contribution in [0.1, 0.15) is 31.2 Å². The SMILES string of the molecule is COC1(CC(=O)NC(CBr)Cc2ccccc2)CCC1. The van der Waals surface area contributed by atoms with Crippen LogP contribution >= 0.6 is 15.9 Å². The molecule has 110 valence electrons. The average molecular weight is 340 g/mol. The maximum absolute atomic E-state index is 12.2. The Kier molecular flexibility index (Phi) is 5.61. The number of halogens is 1. The van der Waals surface area contributed by atoms with Crippen LogP contribution in [-0.4, -0.2) is 30.0 Å². The van der Waals surface area contributed by atoms with E-state index in [9.17, 15) is 4.79 Å². The van der Waals surface area contributed by atoms with Crippen molar-refractivity contribution in [1.82, 2.24) is 5.32 Å². The van der Waals surface area contributed by atoms with Gasteiger partial charge >= 0.3 is 0 Å². The number of hydrogen-bond acceptors (Lipinski definition) is 2. The Bertz CT molecular complexity index is 426. The van der Waals surface area contributed by atoms with Crippen molar-refractivity contribution in [2.75, 3.05) is 12.4 Å². The van der Waals surface area contributed by atoms with E-state index in [1.165, 1.54) is 5.56 Å². The summed E-state index contributed by atoms with van der Waals surface area (Å²) in [5.41, 5.74) is 1.04. The normalized spacial score (nSPS) is 18.1. The molecule has 0 heterocycles. The Morgan fingerprint density at radius 2 is 2.10 bits per heavy atom. The van der Waals surface area contributed by atoms with Crippen molar-refractivity contribution in [3.8, 4) is 0 Å². The van der Waals surface area contributed by atoms with Crippen LogP contribution in [0.25, 0.3) is 0 Å². The Labute approximate surface area is 129 Å². The molecule has 0 saturated heterocycles. The molecule has 2 rings (SSSR count). The second-order valence-corrected chi connectivity index (χ2v) is 6.17. The predicted octanol–water partition coefficient (Wildman–Crippen LogP) is 3.07. The van der Waals surface area contributed by atoms with E-state index in [0.29, 0.717) is 6.42 Å². The van der Waals surface area contributed by atoms with Gasteiger partial charge < -0.3 is 10.1 Å². The predicted molar refractivity (Wildman–Crippen MR) is 84.1 cm³/mol. The third-order valence-electron chi connectivity index (χ3n) is 4.06. The first-order valence-electron chi connectivity index (χ1n) is 7.12. The van der Waals surface area contributed by atoms with Gasteiger partial charge in [0.25, 0.3) is 0 Å². The van der Waals surface area contributed by atoms with Crippen LogP contribution in [0.5, 0.6) is 0 Å². The van der Waals surface area contributed by atoms with E-state index >= 15 is 0 Å². The number of carbonyl (C=O) groups excluding carboxylic acids is 1. The molecule has 1 aromatic carbocycles. The van der Waals surface area contributed by atoms with E-state index in [-0.39, 0.29) is 17.6 Å². The van der Waals surface area contributed by atoms with Gasteiger partial charge in [0, 0.05) is 18.5 Å². The summed E-state index contributed by atoms with van der Waals surface area (Å²) in [6.07, 6.45) is 4.47. The van der Waals surface area contributed by atoms with Gasteiger partial charge in [-0.1, -0.05) is 46.3 Å². The first-order valence-corrected chi connectivity index (χ1v) is 8.24. The van der Waals surface area contributed by atoms with E-state index in [1.807, 2.05) is 18.2 Å². The fourth-order valence-electron chi connectivity index (χ4n) is 2.64. The van der Waals surface area contributed by atoms with Crippen LogP contribution in [0.2, 0.25) is 0 Å². The molecule has 1 N–H and O–H groups in total. The minimum absolute atomic E-state index is 0.0898. The molecule has 1 aliphatic carbocycles. The van der Waals surface area contributed by atoms with Crippen LogP contribution in [0.3, 0.4) is 0 Å². The number of hydrogen-bond donors (Lipinski definition) is 1. The van der Waals surface area contributed by atoms with Gasteiger partial charge in [0.1, 0.15) is 0 Å². The van der Waals surface area contributed by atoms with Crippen LogP contribution in [0, 0.1) is 0 Å². The highest BCUT2D eigenvalue weighted by atomic mass is 79.9. The minimum atomic E-state index is -0.201. The molecule has 1 unspecified atom stereocenters. The van der Waals surface area contributed by atoms with E-state index in [1.54, 1.807) is 7.11 Å². The maximum atomic E-state index is 12.2. The summed E-state index contributed by atoms with van der Waals surface area (Å²) in [5, 5.41) is 3.87. The number of rotatable bonds is 7. The third-order valence-corrected chi connectivity index (χ3v) is 4.84. The molecule has 3 nitrogen and oxygen atoms in total. The van der Waals surface area contributed by atoms with Crippen LogP contribution in [0.4, 0.5) is 0 Å². The monoisotopic (exact) mass is 339 g/mol. The van der Waals surface area contributed by atoms with Crippen molar-refractivity contribution < 1.29 is 9.53 Å². The van der Waals surface area contributed by atoms with E-state index < -0.39 is 0 Å². The molecule has 1 saturated carbocycles. The molecule has 0 spiro atoms. The topological polar surface area (TPSA) is 38.3 Å². The molecule has 1 aromatic rings. The zero-order chi connectivity index (χ0) is 14.4. The van der Waals surface area contributed by atoms with E-state index in [4.69, 9.17) is 4.74 Å². The number of methoxy groups -OCH3 is 1. The van der Waals surface area contributed by atoms with Crippen molar-refractivity contribution in [3.05, 3.63) is 35.9 Å². The summed E-state index contributed by atoms with van der Waals surface area (Å²) in [6, 6.07) is 10.4. The second kappa shape index (κ2) is 7.23. The van der Waals surface area contributed by atoms with Crippen molar-refractivity contribution >= 4 is 21.8 Å². The fraction of sp³-hybridized carbons (Fsp3) is 0.562. The van der Waals surface area contributed by atoms with Gasteiger partial charge in [0.05, 0.1) is 12.0 Å². The summed E-state index contributed by atoms with van der Waals surface area (Å²) in [4.78, 5) is 12.2. The van der Waals surface area contributed by atoms with Crippen molar-refractivity contribution in [3.63, 3.8) is 0 Å². The second-order valence-electron chi connectivity index (χ2n) is 5.53. The zero-order valence-electron chi connectivity index (χ0n) is 11.9. The summed E-state index contributed by atoms with van der Waals surface area (Å²) >= 11 is 3.48. The number of ether oxygens (including phenoxy) is 1. The summed E-state index contributed by atoms with van der Waals surface area (Å²) < 4.78 is 5.51. The van der Waals surface area contributed by atoms with Crippen LogP contribution in [-0.2, 0) is 16.0 Å². The van der Waals surface area contributed by atoms with Gasteiger partial charge in [-0.15, -0.1) is 0 Å². The number of alkyl halides is 1. The number of nitrogens with one attached hydrogen (secondary N) is 1. The maximum Gasteiger partial charge on any atom is 0.223 e. The largest absolute Gasteiger partial charge is 0.378 e. The average Bonchev–Trinajstić information content (AvgIpc) is 2.43. The van der Waals surface area contributed by atoms with Crippen molar-refractivity contribution in [2.45, 2.75) is 43.7 Å². The molecular weight excluding hydrogens is 318 g/mol. The Morgan fingerprint density at radius 1 is 1.40 bits per heavy atom. The summed E-state index contributed by atoms with van der Waals surface area (Å²) in [5.74, 6) is 0.0898. The lowest BCUT2D eigenvalue weighted by Crippen LogP contribution is -2.46. The molecule has 0 aliphatic heterocycles. The first-order chi connectivity index (χ1) is 9.67. The molecule has 0 bridgehead atoms. The number of benzene rings is 1. The van der Waals surface area contributed by atoms with E-state index in [2.05, 4.69) is 33.4 Å². The van der Waals surface area contributed by atoms with Gasteiger partial charge in [0.2, 0.25) is 5.91 Å². The molecule has 1 fully saturated rings.